The third-order valence-corrected chi connectivity index (χ3v) is 2.85. The highest BCUT2D eigenvalue weighted by molar-refractivity contribution is 14.1. The molecule has 0 aliphatic rings. The van der Waals surface area contributed by atoms with Crippen molar-refractivity contribution in [1.29, 1.82) is 0 Å². The van der Waals surface area contributed by atoms with E-state index in [1.165, 1.54) is 0 Å². The van der Waals surface area contributed by atoms with Gasteiger partial charge in [0.25, 0.3) is 0 Å². The van der Waals surface area contributed by atoms with Crippen molar-refractivity contribution in [1.82, 2.24) is 0 Å². The standard InChI is InChI=1S/C11H15IN2O.ClH/c1-7(2)10(13)11(15)14-9-5-3-8(12)4-6-9;/h3-7,10H,13H2,1-2H3,(H,14,15);1H. The summed E-state index contributed by atoms with van der Waals surface area (Å²) in [5, 5.41) is 2.78. The van der Waals surface area contributed by atoms with E-state index in [0.717, 1.165) is 9.26 Å². The third kappa shape index (κ3) is 4.67. The molecule has 0 saturated carbocycles. The Bertz CT molecular complexity index is 340. The molecule has 16 heavy (non-hydrogen) atoms. The molecular weight excluding hydrogens is 338 g/mol. The Kier molecular flexibility index (Phi) is 6.94. The quantitative estimate of drug-likeness (QED) is 0.820. The van der Waals surface area contributed by atoms with Gasteiger partial charge in [-0.3, -0.25) is 4.79 Å². The molecule has 0 heterocycles. The van der Waals surface area contributed by atoms with Gasteiger partial charge in [-0.15, -0.1) is 12.4 Å². The molecule has 1 amide bonds. The third-order valence-electron chi connectivity index (χ3n) is 2.13. The molecule has 5 heteroatoms. The number of amides is 1. The van der Waals surface area contributed by atoms with E-state index in [4.69, 9.17) is 5.73 Å². The van der Waals surface area contributed by atoms with E-state index in [0.29, 0.717) is 0 Å². The van der Waals surface area contributed by atoms with Gasteiger partial charge >= 0.3 is 0 Å². The van der Waals surface area contributed by atoms with E-state index in [2.05, 4.69) is 27.9 Å². The number of rotatable bonds is 3. The van der Waals surface area contributed by atoms with Crippen LogP contribution in [0.5, 0.6) is 0 Å². The molecule has 0 aliphatic carbocycles. The second kappa shape index (κ2) is 7.09. The lowest BCUT2D eigenvalue weighted by Crippen LogP contribution is -2.39. The second-order valence-electron chi connectivity index (χ2n) is 3.77. The molecular formula is C11H16ClIN2O. The number of anilines is 1. The predicted octanol–water partition coefficient (Wildman–Crippen LogP) is 2.63. The van der Waals surface area contributed by atoms with Crippen molar-refractivity contribution < 1.29 is 4.79 Å². The molecule has 0 fully saturated rings. The van der Waals surface area contributed by atoms with Gasteiger partial charge in [0.05, 0.1) is 6.04 Å². The van der Waals surface area contributed by atoms with Gasteiger partial charge in [-0.25, -0.2) is 0 Å². The average molecular weight is 355 g/mol. The summed E-state index contributed by atoms with van der Waals surface area (Å²) in [6.07, 6.45) is 0. The molecule has 0 aromatic heterocycles. The number of benzene rings is 1. The highest BCUT2D eigenvalue weighted by Gasteiger charge is 2.16. The van der Waals surface area contributed by atoms with Crippen molar-refractivity contribution in [3.63, 3.8) is 0 Å². The molecule has 3 nitrogen and oxygen atoms in total. The number of hydrogen-bond donors (Lipinski definition) is 2. The Hall–Kier alpha value is -0.330. The van der Waals surface area contributed by atoms with Crippen LogP contribution in [0.4, 0.5) is 5.69 Å². The Morgan fingerprint density at radius 1 is 1.31 bits per heavy atom. The molecule has 0 radical (unpaired) electrons. The molecule has 3 N–H and O–H groups in total. The molecule has 0 aliphatic heterocycles. The van der Waals surface area contributed by atoms with E-state index in [1.807, 2.05) is 38.1 Å². The van der Waals surface area contributed by atoms with Crippen molar-refractivity contribution >= 4 is 46.6 Å². The summed E-state index contributed by atoms with van der Waals surface area (Å²) < 4.78 is 1.14. The number of nitrogens with one attached hydrogen (secondary N) is 1. The number of halogens is 2. The summed E-state index contributed by atoms with van der Waals surface area (Å²) in [4.78, 5) is 11.6. The minimum absolute atomic E-state index is 0. The highest BCUT2D eigenvalue weighted by atomic mass is 127. The lowest BCUT2D eigenvalue weighted by Gasteiger charge is -2.15. The molecule has 1 aromatic carbocycles. The first-order chi connectivity index (χ1) is 7.00. The van der Waals surface area contributed by atoms with Crippen molar-refractivity contribution in [2.45, 2.75) is 19.9 Å². The van der Waals surface area contributed by atoms with Crippen LogP contribution in [0.1, 0.15) is 13.8 Å². The summed E-state index contributed by atoms with van der Waals surface area (Å²) in [6.45, 7) is 3.86. The van der Waals surface area contributed by atoms with Gasteiger partial charge in [-0.2, -0.15) is 0 Å². The molecule has 1 atom stereocenters. The molecule has 0 spiro atoms. The van der Waals surface area contributed by atoms with Crippen LogP contribution < -0.4 is 11.1 Å². The van der Waals surface area contributed by atoms with Gasteiger partial charge < -0.3 is 11.1 Å². The van der Waals surface area contributed by atoms with Crippen LogP contribution in [0.25, 0.3) is 0 Å². The number of nitrogens with two attached hydrogens (primary N) is 1. The fourth-order valence-corrected chi connectivity index (χ4v) is 1.42. The molecule has 1 unspecified atom stereocenters. The van der Waals surface area contributed by atoms with Crippen molar-refractivity contribution in [2.75, 3.05) is 5.32 Å². The molecule has 0 saturated heterocycles. The van der Waals surface area contributed by atoms with Gasteiger partial charge in [-0.1, -0.05) is 13.8 Å². The SMILES string of the molecule is CC(C)C(N)C(=O)Nc1ccc(I)cc1.Cl. The maximum Gasteiger partial charge on any atom is 0.241 e. The zero-order chi connectivity index (χ0) is 11.4. The van der Waals surface area contributed by atoms with Crippen LogP contribution in [-0.4, -0.2) is 11.9 Å². The molecule has 1 rings (SSSR count). The molecule has 90 valence electrons. The lowest BCUT2D eigenvalue weighted by atomic mass is 10.1. The van der Waals surface area contributed by atoms with Crippen LogP contribution in [0.3, 0.4) is 0 Å². The smallest absolute Gasteiger partial charge is 0.241 e. The fourth-order valence-electron chi connectivity index (χ4n) is 1.06. The number of carbonyl (C=O) groups is 1. The van der Waals surface area contributed by atoms with Crippen LogP contribution in [-0.2, 0) is 4.79 Å². The number of carbonyl (C=O) groups excluding carboxylic acids is 1. The normalized spacial score (nSPS) is 11.8. The number of hydrogen-bond acceptors (Lipinski definition) is 2. The van der Waals surface area contributed by atoms with Crippen LogP contribution in [0, 0.1) is 9.49 Å². The first-order valence-corrected chi connectivity index (χ1v) is 5.90. The summed E-state index contributed by atoms with van der Waals surface area (Å²) >= 11 is 2.22. The summed E-state index contributed by atoms with van der Waals surface area (Å²) in [6, 6.07) is 7.16. The summed E-state index contributed by atoms with van der Waals surface area (Å²) in [5.74, 6) is 0.0139. The zero-order valence-corrected chi connectivity index (χ0v) is 12.2. The molecule has 0 bridgehead atoms. The summed E-state index contributed by atoms with van der Waals surface area (Å²) in [7, 11) is 0. The molecule has 1 aromatic rings. The van der Waals surface area contributed by atoms with Gasteiger partial charge in [0.15, 0.2) is 0 Å². The Labute approximate surface area is 116 Å². The van der Waals surface area contributed by atoms with E-state index < -0.39 is 6.04 Å². The van der Waals surface area contributed by atoms with Crippen molar-refractivity contribution in [3.8, 4) is 0 Å². The Balaban J connectivity index is 0.00000225. The first-order valence-electron chi connectivity index (χ1n) is 4.82. The van der Waals surface area contributed by atoms with Crippen molar-refractivity contribution in [3.05, 3.63) is 27.8 Å². The Morgan fingerprint density at radius 3 is 2.25 bits per heavy atom. The summed E-state index contributed by atoms with van der Waals surface area (Å²) in [5.41, 5.74) is 6.51. The van der Waals surface area contributed by atoms with Crippen LogP contribution in [0.15, 0.2) is 24.3 Å². The van der Waals surface area contributed by atoms with Gasteiger partial charge in [0.2, 0.25) is 5.91 Å². The van der Waals surface area contributed by atoms with E-state index in [1.54, 1.807) is 0 Å². The van der Waals surface area contributed by atoms with Gasteiger partial charge in [0, 0.05) is 9.26 Å². The Morgan fingerprint density at radius 2 is 1.81 bits per heavy atom. The second-order valence-corrected chi connectivity index (χ2v) is 5.01. The average Bonchev–Trinajstić information content (AvgIpc) is 2.20. The van der Waals surface area contributed by atoms with E-state index in [9.17, 15) is 4.79 Å². The lowest BCUT2D eigenvalue weighted by molar-refractivity contribution is -0.118. The van der Waals surface area contributed by atoms with Gasteiger partial charge in [-0.05, 0) is 52.8 Å². The first kappa shape index (κ1) is 15.7. The van der Waals surface area contributed by atoms with Crippen LogP contribution in [0.2, 0.25) is 0 Å². The maximum absolute atomic E-state index is 11.6. The van der Waals surface area contributed by atoms with Gasteiger partial charge in [0.1, 0.15) is 0 Å². The maximum atomic E-state index is 11.6. The zero-order valence-electron chi connectivity index (χ0n) is 9.24. The predicted molar refractivity (Wildman–Crippen MR) is 77.9 cm³/mol. The van der Waals surface area contributed by atoms with Crippen LogP contribution >= 0.6 is 35.0 Å². The highest BCUT2D eigenvalue weighted by Crippen LogP contribution is 2.12. The topological polar surface area (TPSA) is 55.1 Å². The van der Waals surface area contributed by atoms with Crippen molar-refractivity contribution in [2.24, 2.45) is 11.7 Å². The van der Waals surface area contributed by atoms with E-state index in [-0.39, 0.29) is 24.2 Å². The fraction of sp³-hybridized carbons (Fsp3) is 0.364. The largest absolute Gasteiger partial charge is 0.325 e. The minimum atomic E-state index is -0.454. The minimum Gasteiger partial charge on any atom is -0.325 e. The van der Waals surface area contributed by atoms with E-state index >= 15 is 0 Å². The monoisotopic (exact) mass is 354 g/mol.